The van der Waals surface area contributed by atoms with Gasteiger partial charge < -0.3 is 4.90 Å². The van der Waals surface area contributed by atoms with E-state index in [4.69, 9.17) is 0 Å². The number of nitrogens with one attached hydrogen (secondary N) is 1. The second-order valence-corrected chi connectivity index (χ2v) is 9.69. The van der Waals surface area contributed by atoms with Crippen LogP contribution in [0.4, 0.5) is 4.79 Å². The number of fused-ring (bicyclic) bond motifs is 1. The molecule has 2 aromatic rings. The summed E-state index contributed by atoms with van der Waals surface area (Å²) in [5.41, 5.74) is 1.03. The monoisotopic (exact) mass is 402 g/mol. The number of sulfone groups is 1. The van der Waals surface area contributed by atoms with E-state index in [9.17, 15) is 18.0 Å². The molecule has 3 amide bonds. The van der Waals surface area contributed by atoms with Crippen molar-refractivity contribution < 1.29 is 18.0 Å². The van der Waals surface area contributed by atoms with Crippen LogP contribution in [0.2, 0.25) is 0 Å². The highest BCUT2D eigenvalue weighted by molar-refractivity contribution is 7.91. The van der Waals surface area contributed by atoms with E-state index in [0.29, 0.717) is 25.8 Å². The van der Waals surface area contributed by atoms with Gasteiger partial charge in [-0.25, -0.2) is 13.2 Å². The van der Waals surface area contributed by atoms with Gasteiger partial charge >= 0.3 is 6.03 Å². The lowest BCUT2D eigenvalue weighted by atomic mass is 9.99. The fourth-order valence-corrected chi connectivity index (χ4v) is 5.30. The highest BCUT2D eigenvalue weighted by atomic mass is 32.2. The molecule has 1 fully saturated rings. The molecule has 0 aromatic heterocycles. The van der Waals surface area contributed by atoms with Gasteiger partial charge in [0.2, 0.25) is 5.91 Å². The first-order valence-corrected chi connectivity index (χ1v) is 11.4. The molecule has 1 saturated heterocycles. The van der Waals surface area contributed by atoms with Crippen LogP contribution in [0.3, 0.4) is 0 Å². The van der Waals surface area contributed by atoms with E-state index >= 15 is 0 Å². The first-order valence-electron chi connectivity index (χ1n) is 9.62. The summed E-state index contributed by atoms with van der Waals surface area (Å²) in [6.45, 7) is 2.52. The molecule has 3 rings (SSSR count). The lowest BCUT2D eigenvalue weighted by Gasteiger charge is -2.14. The summed E-state index contributed by atoms with van der Waals surface area (Å²) in [4.78, 5) is 24.0. The number of hydrogen-bond acceptors (Lipinski definition) is 4. The van der Waals surface area contributed by atoms with Crippen molar-refractivity contribution in [2.45, 2.75) is 32.1 Å². The lowest BCUT2D eigenvalue weighted by molar-refractivity contribution is -0.118. The van der Waals surface area contributed by atoms with Crippen molar-refractivity contribution in [3.05, 3.63) is 48.0 Å². The minimum absolute atomic E-state index is 0.0612. The second-order valence-electron chi connectivity index (χ2n) is 7.46. The molecule has 0 saturated carbocycles. The van der Waals surface area contributed by atoms with Crippen molar-refractivity contribution >= 4 is 32.5 Å². The minimum atomic E-state index is -3.15. The number of carbonyl (C=O) groups excluding carboxylic acids is 2. The Morgan fingerprint density at radius 3 is 2.50 bits per heavy atom. The van der Waals surface area contributed by atoms with Crippen LogP contribution in [-0.2, 0) is 14.6 Å². The Bertz CT molecular complexity index is 971. The van der Waals surface area contributed by atoms with E-state index in [1.54, 1.807) is 0 Å². The van der Waals surface area contributed by atoms with E-state index < -0.39 is 9.84 Å². The third kappa shape index (κ3) is 5.32. The predicted octanol–water partition coefficient (Wildman–Crippen LogP) is 3.08. The number of benzene rings is 2. The number of amides is 3. The van der Waals surface area contributed by atoms with Crippen molar-refractivity contribution in [1.29, 1.82) is 0 Å². The van der Waals surface area contributed by atoms with Crippen LogP contribution in [0.15, 0.2) is 42.5 Å². The Morgan fingerprint density at radius 1 is 1.04 bits per heavy atom. The number of hydrogen-bond donors (Lipinski definition) is 1. The van der Waals surface area contributed by atoms with Crippen molar-refractivity contribution in [2.75, 3.05) is 24.6 Å². The van der Waals surface area contributed by atoms with E-state index in [2.05, 4.69) is 11.4 Å². The average molecular weight is 403 g/mol. The van der Waals surface area contributed by atoms with Crippen molar-refractivity contribution in [2.24, 2.45) is 0 Å². The summed E-state index contributed by atoms with van der Waals surface area (Å²) >= 11 is 0. The molecule has 28 heavy (non-hydrogen) atoms. The molecule has 2 aromatic carbocycles. The maximum Gasteiger partial charge on any atom is 0.324 e. The summed E-state index contributed by atoms with van der Waals surface area (Å²) in [6, 6.07) is 13.8. The van der Waals surface area contributed by atoms with Gasteiger partial charge in [0.1, 0.15) is 6.54 Å². The maximum atomic E-state index is 12.5. The number of imide groups is 1. The van der Waals surface area contributed by atoms with Gasteiger partial charge in [0.25, 0.3) is 0 Å². The van der Waals surface area contributed by atoms with Crippen LogP contribution < -0.4 is 5.32 Å². The molecule has 1 heterocycles. The zero-order valence-electron chi connectivity index (χ0n) is 16.1. The standard InChI is InChI=1S/C21H26N2O4S/c1-16(18-10-9-17-7-3-4-8-19(17)13-18)15-28(26,27)12-6-2-5-11-23-14-20(24)22-21(23)25/h3-4,7-10,13,16H,2,5-6,11-12,14-15H2,1H3,(H,22,24,25)/t16-/m0/s1. The third-order valence-corrected chi connectivity index (χ3v) is 7.02. The number of urea groups is 1. The van der Waals surface area contributed by atoms with E-state index in [-0.39, 0.29) is 35.9 Å². The molecule has 1 N–H and O–H groups in total. The molecule has 0 unspecified atom stereocenters. The first-order chi connectivity index (χ1) is 13.3. The van der Waals surface area contributed by atoms with Gasteiger partial charge in [-0.3, -0.25) is 10.1 Å². The summed E-state index contributed by atoms with van der Waals surface area (Å²) in [5.74, 6) is -0.0612. The van der Waals surface area contributed by atoms with E-state index in [1.807, 2.05) is 43.3 Å². The Kier molecular flexibility index (Phi) is 6.34. The van der Waals surface area contributed by atoms with Crippen molar-refractivity contribution in [1.82, 2.24) is 10.2 Å². The van der Waals surface area contributed by atoms with E-state index in [0.717, 1.165) is 16.3 Å². The molecule has 150 valence electrons. The normalized spacial score (nSPS) is 15.8. The molecule has 0 aliphatic carbocycles. The Hall–Kier alpha value is -2.41. The average Bonchev–Trinajstić information content (AvgIpc) is 2.97. The molecule has 0 radical (unpaired) electrons. The highest BCUT2D eigenvalue weighted by Gasteiger charge is 2.25. The quantitative estimate of drug-likeness (QED) is 0.516. The highest BCUT2D eigenvalue weighted by Crippen LogP contribution is 2.23. The van der Waals surface area contributed by atoms with Gasteiger partial charge in [0.15, 0.2) is 9.84 Å². The summed E-state index contributed by atoms with van der Waals surface area (Å²) in [6.07, 6.45) is 1.97. The maximum absolute atomic E-state index is 12.5. The smallest absolute Gasteiger partial charge is 0.315 e. The zero-order valence-corrected chi connectivity index (χ0v) is 16.9. The van der Waals surface area contributed by atoms with Crippen LogP contribution in [0.25, 0.3) is 10.8 Å². The Labute approximate surface area is 165 Å². The Morgan fingerprint density at radius 2 is 1.79 bits per heavy atom. The molecule has 1 aliphatic heterocycles. The van der Waals surface area contributed by atoms with Crippen molar-refractivity contribution in [3.63, 3.8) is 0 Å². The van der Waals surface area contributed by atoms with Crippen LogP contribution in [0, 0.1) is 0 Å². The number of carbonyl (C=O) groups is 2. The predicted molar refractivity (Wildman–Crippen MR) is 110 cm³/mol. The lowest BCUT2D eigenvalue weighted by Crippen LogP contribution is -2.29. The second kappa shape index (κ2) is 8.73. The molecule has 6 nitrogen and oxygen atoms in total. The third-order valence-electron chi connectivity index (χ3n) is 5.10. The zero-order chi connectivity index (χ0) is 20.1. The number of unbranched alkanes of at least 4 members (excludes halogenated alkanes) is 2. The van der Waals surface area contributed by atoms with Crippen LogP contribution in [-0.4, -0.2) is 49.9 Å². The Balaban J connectivity index is 1.45. The molecule has 0 bridgehead atoms. The summed E-state index contributed by atoms with van der Waals surface area (Å²) < 4.78 is 24.9. The van der Waals surface area contributed by atoms with Gasteiger partial charge in [-0.15, -0.1) is 0 Å². The SMILES string of the molecule is C[C@@H](CS(=O)(=O)CCCCCN1CC(=O)NC1=O)c1ccc2ccccc2c1. The summed E-state index contributed by atoms with van der Waals surface area (Å²) in [7, 11) is -3.15. The van der Waals surface area contributed by atoms with Gasteiger partial charge in [-0.2, -0.15) is 0 Å². The first kappa shape index (κ1) is 20.3. The van der Waals surface area contributed by atoms with Gasteiger partial charge in [0, 0.05) is 6.54 Å². The molecule has 0 spiro atoms. The fourth-order valence-electron chi connectivity index (χ4n) is 3.54. The van der Waals surface area contributed by atoms with E-state index in [1.165, 1.54) is 4.90 Å². The van der Waals surface area contributed by atoms with Crippen LogP contribution in [0.1, 0.15) is 37.7 Å². The topological polar surface area (TPSA) is 83.6 Å². The van der Waals surface area contributed by atoms with Crippen molar-refractivity contribution in [3.8, 4) is 0 Å². The molecular formula is C21H26N2O4S. The van der Waals surface area contributed by atoms with Crippen LogP contribution >= 0.6 is 0 Å². The summed E-state index contributed by atoms with van der Waals surface area (Å²) in [5, 5.41) is 4.50. The van der Waals surface area contributed by atoms with Crippen LogP contribution in [0.5, 0.6) is 0 Å². The molecule has 1 atom stereocenters. The molecular weight excluding hydrogens is 376 g/mol. The number of nitrogens with zero attached hydrogens (tertiary/aromatic N) is 1. The molecule has 7 heteroatoms. The van der Waals surface area contributed by atoms with Gasteiger partial charge in [-0.1, -0.05) is 55.8 Å². The van der Waals surface area contributed by atoms with Gasteiger partial charge in [-0.05, 0) is 35.1 Å². The van der Waals surface area contributed by atoms with Gasteiger partial charge in [0.05, 0.1) is 11.5 Å². The minimum Gasteiger partial charge on any atom is -0.315 e. The largest absolute Gasteiger partial charge is 0.324 e. The fraction of sp³-hybridized carbons (Fsp3) is 0.429. The molecule has 1 aliphatic rings. The number of rotatable bonds is 9.